The van der Waals surface area contributed by atoms with Gasteiger partial charge in [0, 0.05) is 18.0 Å². The molecule has 1 amide bonds. The lowest BCUT2D eigenvalue weighted by atomic mass is 9.93. The number of thiophene rings is 1. The van der Waals surface area contributed by atoms with Gasteiger partial charge < -0.3 is 5.32 Å². The van der Waals surface area contributed by atoms with E-state index in [1.165, 1.54) is 24.0 Å². The second-order valence-electron chi connectivity index (χ2n) is 7.78. The van der Waals surface area contributed by atoms with E-state index >= 15 is 0 Å². The zero-order chi connectivity index (χ0) is 19.9. The SMILES string of the molecule is O=C(NCCC1CCN(Cc2ccccc2)CC1)c1ccc(-c2ccccc2)s1. The van der Waals surface area contributed by atoms with Gasteiger partial charge >= 0.3 is 0 Å². The Hall–Kier alpha value is -2.43. The highest BCUT2D eigenvalue weighted by Gasteiger charge is 2.19. The van der Waals surface area contributed by atoms with Crippen molar-refractivity contribution in [3.8, 4) is 10.4 Å². The predicted molar refractivity (Wildman–Crippen MR) is 121 cm³/mol. The minimum atomic E-state index is 0.0543. The molecule has 150 valence electrons. The summed E-state index contributed by atoms with van der Waals surface area (Å²) < 4.78 is 0. The summed E-state index contributed by atoms with van der Waals surface area (Å²) in [4.78, 5) is 17.0. The van der Waals surface area contributed by atoms with Gasteiger partial charge in [0.2, 0.25) is 0 Å². The fourth-order valence-electron chi connectivity index (χ4n) is 3.97. The second-order valence-corrected chi connectivity index (χ2v) is 8.86. The molecule has 2 heterocycles. The highest BCUT2D eigenvalue weighted by molar-refractivity contribution is 7.17. The highest BCUT2D eigenvalue weighted by atomic mass is 32.1. The molecule has 1 aromatic heterocycles. The molecule has 0 bridgehead atoms. The Labute approximate surface area is 177 Å². The van der Waals surface area contributed by atoms with Crippen LogP contribution in [0, 0.1) is 5.92 Å². The van der Waals surface area contributed by atoms with Crippen LogP contribution in [0.5, 0.6) is 0 Å². The molecular formula is C25H28N2OS. The van der Waals surface area contributed by atoms with Gasteiger partial charge in [0.25, 0.3) is 5.91 Å². The average Bonchev–Trinajstić information content (AvgIpc) is 3.27. The van der Waals surface area contributed by atoms with Gasteiger partial charge in [-0.25, -0.2) is 0 Å². The minimum Gasteiger partial charge on any atom is -0.351 e. The van der Waals surface area contributed by atoms with E-state index in [9.17, 15) is 4.79 Å². The van der Waals surface area contributed by atoms with Crippen molar-refractivity contribution in [2.75, 3.05) is 19.6 Å². The van der Waals surface area contributed by atoms with Crippen LogP contribution in [-0.2, 0) is 6.54 Å². The molecule has 4 heteroatoms. The number of hydrogen-bond acceptors (Lipinski definition) is 3. The Morgan fingerprint density at radius 3 is 2.34 bits per heavy atom. The molecule has 0 saturated carbocycles. The molecule has 0 atom stereocenters. The molecule has 0 radical (unpaired) electrons. The zero-order valence-electron chi connectivity index (χ0n) is 16.7. The van der Waals surface area contributed by atoms with Gasteiger partial charge in [-0.15, -0.1) is 11.3 Å². The summed E-state index contributed by atoms with van der Waals surface area (Å²) in [5.74, 6) is 0.768. The summed E-state index contributed by atoms with van der Waals surface area (Å²) >= 11 is 1.56. The Balaban J connectivity index is 1.18. The number of nitrogens with zero attached hydrogens (tertiary/aromatic N) is 1. The van der Waals surface area contributed by atoms with Gasteiger partial charge in [-0.2, -0.15) is 0 Å². The van der Waals surface area contributed by atoms with E-state index in [-0.39, 0.29) is 5.91 Å². The van der Waals surface area contributed by atoms with Gasteiger partial charge in [-0.3, -0.25) is 9.69 Å². The van der Waals surface area contributed by atoms with Crippen molar-refractivity contribution in [3.63, 3.8) is 0 Å². The number of hydrogen-bond donors (Lipinski definition) is 1. The van der Waals surface area contributed by atoms with Crippen LogP contribution in [-0.4, -0.2) is 30.4 Å². The molecule has 3 aromatic rings. The Bertz CT molecular complexity index is 899. The van der Waals surface area contributed by atoms with Gasteiger partial charge in [-0.1, -0.05) is 60.7 Å². The van der Waals surface area contributed by atoms with Gasteiger partial charge in [0.1, 0.15) is 0 Å². The van der Waals surface area contributed by atoms with Crippen LogP contribution in [0.3, 0.4) is 0 Å². The Morgan fingerprint density at radius 2 is 1.62 bits per heavy atom. The maximum absolute atomic E-state index is 12.5. The minimum absolute atomic E-state index is 0.0543. The lowest BCUT2D eigenvalue weighted by molar-refractivity contribution is 0.0951. The second kappa shape index (κ2) is 9.86. The largest absolute Gasteiger partial charge is 0.351 e. The van der Waals surface area contributed by atoms with Crippen molar-refractivity contribution in [1.82, 2.24) is 10.2 Å². The molecule has 2 aromatic carbocycles. The molecule has 29 heavy (non-hydrogen) atoms. The van der Waals surface area contributed by atoms with Crippen LogP contribution in [0.1, 0.15) is 34.5 Å². The first-order valence-electron chi connectivity index (χ1n) is 10.5. The molecular weight excluding hydrogens is 376 g/mol. The maximum Gasteiger partial charge on any atom is 0.261 e. The van der Waals surface area contributed by atoms with Crippen molar-refractivity contribution in [3.05, 3.63) is 83.2 Å². The monoisotopic (exact) mass is 404 g/mol. The van der Waals surface area contributed by atoms with Crippen LogP contribution >= 0.6 is 11.3 Å². The van der Waals surface area contributed by atoms with Crippen LogP contribution in [0.25, 0.3) is 10.4 Å². The third-order valence-electron chi connectivity index (χ3n) is 5.68. The normalized spacial score (nSPS) is 15.3. The van der Waals surface area contributed by atoms with Crippen molar-refractivity contribution >= 4 is 17.2 Å². The summed E-state index contributed by atoms with van der Waals surface area (Å²) in [5, 5.41) is 3.12. The standard InChI is InChI=1S/C25H28N2OS/c28-25(24-12-11-23(29-24)22-9-5-2-6-10-22)26-16-13-20-14-17-27(18-15-20)19-21-7-3-1-4-8-21/h1-12,20H,13-19H2,(H,26,28). The number of carbonyl (C=O) groups is 1. The number of carbonyl (C=O) groups excluding carboxylic acids is 1. The molecule has 1 saturated heterocycles. The summed E-state index contributed by atoms with van der Waals surface area (Å²) in [6.45, 7) is 4.12. The smallest absolute Gasteiger partial charge is 0.261 e. The van der Waals surface area contributed by atoms with Gasteiger partial charge in [-0.05, 0) is 61.5 Å². The molecule has 1 N–H and O–H groups in total. The predicted octanol–water partition coefficient (Wildman–Crippen LogP) is 5.45. The first kappa shape index (κ1) is 19.9. The van der Waals surface area contributed by atoms with Crippen molar-refractivity contribution < 1.29 is 4.79 Å². The number of amides is 1. The molecule has 0 unspecified atom stereocenters. The van der Waals surface area contributed by atoms with E-state index in [4.69, 9.17) is 0 Å². The quantitative estimate of drug-likeness (QED) is 0.568. The lowest BCUT2D eigenvalue weighted by Gasteiger charge is -2.32. The number of piperidine rings is 1. The molecule has 4 rings (SSSR count). The average molecular weight is 405 g/mol. The first-order valence-corrected chi connectivity index (χ1v) is 11.3. The Kier molecular flexibility index (Phi) is 6.75. The number of nitrogens with one attached hydrogen (secondary N) is 1. The van der Waals surface area contributed by atoms with Crippen LogP contribution in [0.15, 0.2) is 72.8 Å². The molecule has 3 nitrogen and oxygen atoms in total. The fourth-order valence-corrected chi connectivity index (χ4v) is 4.90. The fraction of sp³-hybridized carbons (Fsp3) is 0.320. The van der Waals surface area contributed by atoms with Gasteiger partial charge in [0.05, 0.1) is 4.88 Å². The number of benzene rings is 2. The van der Waals surface area contributed by atoms with E-state index in [1.54, 1.807) is 11.3 Å². The van der Waals surface area contributed by atoms with E-state index in [0.29, 0.717) is 5.92 Å². The summed E-state index contributed by atoms with van der Waals surface area (Å²) in [6, 6.07) is 24.9. The third kappa shape index (κ3) is 5.55. The van der Waals surface area contributed by atoms with Crippen molar-refractivity contribution in [2.24, 2.45) is 5.92 Å². The summed E-state index contributed by atoms with van der Waals surface area (Å²) in [5.41, 5.74) is 2.56. The van der Waals surface area contributed by atoms with E-state index in [0.717, 1.165) is 42.4 Å². The summed E-state index contributed by atoms with van der Waals surface area (Å²) in [7, 11) is 0. The first-order chi connectivity index (χ1) is 14.3. The van der Waals surface area contributed by atoms with E-state index < -0.39 is 0 Å². The van der Waals surface area contributed by atoms with Gasteiger partial charge in [0.15, 0.2) is 0 Å². The molecule has 0 spiro atoms. The zero-order valence-corrected chi connectivity index (χ0v) is 17.5. The lowest BCUT2D eigenvalue weighted by Crippen LogP contribution is -2.34. The van der Waals surface area contributed by atoms with Crippen molar-refractivity contribution in [1.29, 1.82) is 0 Å². The van der Waals surface area contributed by atoms with Crippen LogP contribution < -0.4 is 5.32 Å². The highest BCUT2D eigenvalue weighted by Crippen LogP contribution is 2.28. The van der Waals surface area contributed by atoms with Crippen LogP contribution in [0.2, 0.25) is 0 Å². The summed E-state index contributed by atoms with van der Waals surface area (Å²) in [6.07, 6.45) is 3.52. The molecule has 1 aliphatic heterocycles. The van der Waals surface area contributed by atoms with Crippen molar-refractivity contribution in [2.45, 2.75) is 25.8 Å². The number of rotatable bonds is 7. The van der Waals surface area contributed by atoms with E-state index in [1.807, 2.05) is 30.3 Å². The third-order valence-corrected chi connectivity index (χ3v) is 6.82. The van der Waals surface area contributed by atoms with E-state index in [2.05, 4.69) is 52.7 Å². The molecule has 0 aliphatic carbocycles. The Morgan fingerprint density at radius 1 is 0.931 bits per heavy atom. The molecule has 1 aliphatic rings. The van der Waals surface area contributed by atoms with Crippen LogP contribution in [0.4, 0.5) is 0 Å². The topological polar surface area (TPSA) is 32.3 Å². The maximum atomic E-state index is 12.5. The molecule has 1 fully saturated rings. The number of likely N-dealkylation sites (tertiary alicyclic amines) is 1.